The molecule has 1 unspecified atom stereocenters. The Labute approximate surface area is 165 Å². The van der Waals surface area contributed by atoms with Gasteiger partial charge >= 0.3 is 0 Å². The summed E-state index contributed by atoms with van der Waals surface area (Å²) in [7, 11) is 0. The largest absolute Gasteiger partial charge is 0.381 e. The molecule has 2 aromatic carbocycles. The first-order valence-corrected chi connectivity index (χ1v) is 8.92. The maximum absolute atomic E-state index is 13.1. The molecular weight excluding hydrogens is 371 g/mol. The van der Waals surface area contributed by atoms with Gasteiger partial charge < -0.3 is 15.8 Å². The quantitative estimate of drug-likeness (QED) is 0.813. The summed E-state index contributed by atoms with van der Waals surface area (Å²) in [6.07, 6.45) is 1.28. The third kappa shape index (κ3) is 4.57. The molecule has 6 heteroatoms. The minimum absolute atomic E-state index is 0. The van der Waals surface area contributed by atoms with Crippen LogP contribution in [0, 0.1) is 0 Å². The SMILES string of the molecule is Cl.NC(CNC(=O)C1(c2cccc(Cl)c2)CCOCC1)c1ccccc1. The van der Waals surface area contributed by atoms with Gasteiger partial charge in [0, 0.05) is 30.8 Å². The van der Waals surface area contributed by atoms with Gasteiger partial charge in [0.05, 0.1) is 5.41 Å². The molecule has 0 aromatic heterocycles. The molecule has 1 aliphatic heterocycles. The number of carbonyl (C=O) groups excluding carboxylic acids is 1. The maximum atomic E-state index is 13.1. The Morgan fingerprint density at radius 3 is 2.50 bits per heavy atom. The number of halogens is 2. The van der Waals surface area contributed by atoms with E-state index in [1.807, 2.05) is 54.6 Å². The van der Waals surface area contributed by atoms with Crippen molar-refractivity contribution in [1.29, 1.82) is 0 Å². The summed E-state index contributed by atoms with van der Waals surface area (Å²) in [5.74, 6) is -0.00977. The lowest BCUT2D eigenvalue weighted by Gasteiger charge is -2.36. The number of rotatable bonds is 5. The average Bonchev–Trinajstić information content (AvgIpc) is 2.67. The first kappa shape index (κ1) is 20.7. The van der Waals surface area contributed by atoms with Gasteiger partial charge in [0.1, 0.15) is 0 Å². The lowest BCUT2D eigenvalue weighted by atomic mass is 9.73. The Balaban J connectivity index is 0.00000243. The van der Waals surface area contributed by atoms with E-state index in [1.54, 1.807) is 0 Å². The fourth-order valence-electron chi connectivity index (χ4n) is 3.34. The minimum atomic E-state index is -0.612. The van der Waals surface area contributed by atoms with Crippen molar-refractivity contribution in [2.75, 3.05) is 19.8 Å². The van der Waals surface area contributed by atoms with E-state index in [-0.39, 0.29) is 24.4 Å². The topological polar surface area (TPSA) is 64.3 Å². The minimum Gasteiger partial charge on any atom is -0.381 e. The van der Waals surface area contributed by atoms with E-state index in [2.05, 4.69) is 5.32 Å². The lowest BCUT2D eigenvalue weighted by Crippen LogP contribution is -2.49. The first-order chi connectivity index (χ1) is 12.1. The van der Waals surface area contributed by atoms with Crippen LogP contribution < -0.4 is 11.1 Å². The summed E-state index contributed by atoms with van der Waals surface area (Å²) in [4.78, 5) is 13.1. The fourth-order valence-corrected chi connectivity index (χ4v) is 3.53. The van der Waals surface area contributed by atoms with Crippen molar-refractivity contribution >= 4 is 29.9 Å². The van der Waals surface area contributed by atoms with E-state index in [1.165, 1.54) is 0 Å². The van der Waals surface area contributed by atoms with Gasteiger partial charge in [-0.2, -0.15) is 0 Å². The van der Waals surface area contributed by atoms with Crippen LogP contribution in [0.2, 0.25) is 5.02 Å². The molecule has 2 aromatic rings. The molecule has 0 bridgehead atoms. The molecule has 0 radical (unpaired) electrons. The highest BCUT2D eigenvalue weighted by atomic mass is 35.5. The predicted octanol–water partition coefficient (Wildman–Crippen LogP) is 3.63. The third-order valence-corrected chi connectivity index (χ3v) is 5.10. The molecule has 1 fully saturated rings. The van der Waals surface area contributed by atoms with E-state index in [9.17, 15) is 4.79 Å². The highest BCUT2D eigenvalue weighted by Gasteiger charge is 2.41. The smallest absolute Gasteiger partial charge is 0.230 e. The summed E-state index contributed by atoms with van der Waals surface area (Å²) in [6.45, 7) is 1.52. The molecule has 1 saturated heterocycles. The Hall–Kier alpha value is -1.59. The number of nitrogens with one attached hydrogen (secondary N) is 1. The second kappa shape index (κ2) is 9.38. The normalized spacial score (nSPS) is 17.0. The Morgan fingerprint density at radius 2 is 1.85 bits per heavy atom. The second-order valence-electron chi connectivity index (χ2n) is 6.43. The van der Waals surface area contributed by atoms with Gasteiger partial charge in [-0.3, -0.25) is 4.79 Å². The summed E-state index contributed by atoms with van der Waals surface area (Å²) in [5.41, 5.74) is 7.55. The van der Waals surface area contributed by atoms with E-state index in [0.29, 0.717) is 37.6 Å². The number of ether oxygens (including phenoxy) is 1. The monoisotopic (exact) mass is 394 g/mol. The maximum Gasteiger partial charge on any atom is 0.230 e. The standard InChI is InChI=1S/C20H23ClN2O2.ClH/c21-17-8-4-7-16(13-17)20(9-11-25-12-10-20)19(24)23-14-18(22)15-5-2-1-3-6-15;/h1-8,13,18H,9-12,14,22H2,(H,23,24);1H. The van der Waals surface area contributed by atoms with Gasteiger partial charge in [0.2, 0.25) is 5.91 Å². The number of carbonyl (C=O) groups is 1. The Kier molecular flexibility index (Phi) is 7.47. The van der Waals surface area contributed by atoms with Crippen molar-refractivity contribution in [2.24, 2.45) is 5.73 Å². The highest BCUT2D eigenvalue weighted by Crippen LogP contribution is 2.36. The molecule has 0 saturated carbocycles. The zero-order chi connectivity index (χ0) is 17.7. The van der Waals surface area contributed by atoms with Crippen molar-refractivity contribution in [3.8, 4) is 0 Å². The van der Waals surface area contributed by atoms with Crippen molar-refractivity contribution in [3.63, 3.8) is 0 Å². The third-order valence-electron chi connectivity index (χ3n) is 4.87. The van der Waals surface area contributed by atoms with Crippen LogP contribution in [0.15, 0.2) is 54.6 Å². The van der Waals surface area contributed by atoms with Gasteiger partial charge in [0.15, 0.2) is 0 Å². The van der Waals surface area contributed by atoms with Crippen molar-refractivity contribution in [3.05, 3.63) is 70.7 Å². The van der Waals surface area contributed by atoms with Crippen LogP contribution in [0.5, 0.6) is 0 Å². The van der Waals surface area contributed by atoms with E-state index < -0.39 is 5.41 Å². The number of benzene rings is 2. The predicted molar refractivity (Wildman–Crippen MR) is 107 cm³/mol. The van der Waals surface area contributed by atoms with Crippen LogP contribution >= 0.6 is 24.0 Å². The van der Waals surface area contributed by atoms with Crippen molar-refractivity contribution in [1.82, 2.24) is 5.32 Å². The number of hydrogen-bond donors (Lipinski definition) is 2. The summed E-state index contributed by atoms with van der Waals surface area (Å²) in [6, 6.07) is 17.1. The summed E-state index contributed by atoms with van der Waals surface area (Å²) < 4.78 is 5.48. The lowest BCUT2D eigenvalue weighted by molar-refractivity contribution is -0.130. The number of hydrogen-bond acceptors (Lipinski definition) is 3. The fraction of sp³-hybridized carbons (Fsp3) is 0.350. The zero-order valence-corrected chi connectivity index (χ0v) is 16.1. The van der Waals surface area contributed by atoms with Crippen LogP contribution in [0.4, 0.5) is 0 Å². The molecule has 0 spiro atoms. The molecule has 26 heavy (non-hydrogen) atoms. The van der Waals surface area contributed by atoms with Crippen LogP contribution in [-0.4, -0.2) is 25.7 Å². The Bertz CT molecular complexity index is 719. The van der Waals surface area contributed by atoms with Crippen LogP contribution in [0.25, 0.3) is 0 Å². The number of amides is 1. The molecule has 0 aliphatic carbocycles. The van der Waals surface area contributed by atoms with Gasteiger partial charge in [-0.1, -0.05) is 54.1 Å². The van der Waals surface area contributed by atoms with Crippen LogP contribution in [0.1, 0.15) is 30.0 Å². The molecule has 1 heterocycles. The molecule has 1 amide bonds. The molecule has 3 N–H and O–H groups in total. The van der Waals surface area contributed by atoms with E-state index in [0.717, 1.165) is 11.1 Å². The number of nitrogens with two attached hydrogens (primary N) is 1. The second-order valence-corrected chi connectivity index (χ2v) is 6.87. The summed E-state index contributed by atoms with van der Waals surface area (Å²) >= 11 is 6.16. The molecule has 4 nitrogen and oxygen atoms in total. The van der Waals surface area contributed by atoms with E-state index in [4.69, 9.17) is 22.1 Å². The Morgan fingerprint density at radius 1 is 1.15 bits per heavy atom. The van der Waals surface area contributed by atoms with Gasteiger partial charge in [-0.15, -0.1) is 12.4 Å². The molecule has 1 aliphatic rings. The molecule has 1 atom stereocenters. The highest BCUT2D eigenvalue weighted by molar-refractivity contribution is 6.30. The van der Waals surface area contributed by atoms with Crippen molar-refractivity contribution < 1.29 is 9.53 Å². The molecular formula is C20H24Cl2N2O2. The van der Waals surface area contributed by atoms with Gasteiger partial charge in [0.25, 0.3) is 0 Å². The van der Waals surface area contributed by atoms with Gasteiger partial charge in [-0.25, -0.2) is 0 Å². The summed E-state index contributed by atoms with van der Waals surface area (Å²) in [5, 5.41) is 3.68. The average molecular weight is 395 g/mol. The van der Waals surface area contributed by atoms with Crippen LogP contribution in [0.3, 0.4) is 0 Å². The zero-order valence-electron chi connectivity index (χ0n) is 14.5. The van der Waals surface area contributed by atoms with Gasteiger partial charge in [-0.05, 0) is 36.1 Å². The van der Waals surface area contributed by atoms with E-state index >= 15 is 0 Å². The molecule has 3 rings (SSSR count). The van der Waals surface area contributed by atoms with Crippen LogP contribution in [-0.2, 0) is 14.9 Å². The molecule has 140 valence electrons. The first-order valence-electron chi connectivity index (χ1n) is 8.54. The van der Waals surface area contributed by atoms with Crippen molar-refractivity contribution in [2.45, 2.75) is 24.3 Å².